The molecule has 6 heteroatoms. The zero-order chi connectivity index (χ0) is 18.2. The minimum Gasteiger partial charge on any atom is -0.358 e. The number of aromatic nitrogens is 1. The summed E-state index contributed by atoms with van der Waals surface area (Å²) in [4.78, 5) is 3.21. The molecule has 3 nitrogen and oxygen atoms in total. The van der Waals surface area contributed by atoms with Gasteiger partial charge in [-0.05, 0) is 30.1 Å². The van der Waals surface area contributed by atoms with Crippen LogP contribution in [0, 0.1) is 23.0 Å². The molecule has 25 heavy (non-hydrogen) atoms. The van der Waals surface area contributed by atoms with Gasteiger partial charge in [-0.25, -0.2) is 8.78 Å². The van der Waals surface area contributed by atoms with Gasteiger partial charge in [-0.1, -0.05) is 44.2 Å². The lowest BCUT2D eigenvalue weighted by Crippen LogP contribution is -1.92. The topological polar surface area (TPSA) is 51.6 Å². The SMILES string of the molecule is CC.N#Cc1ccc(NSc2c[nH]c(-c3ccccc3)c2F)c(F)c1. The summed E-state index contributed by atoms with van der Waals surface area (Å²) in [6.07, 6.45) is 1.52. The van der Waals surface area contributed by atoms with Crippen molar-refractivity contribution in [2.75, 3.05) is 4.72 Å². The van der Waals surface area contributed by atoms with Crippen molar-refractivity contribution in [1.82, 2.24) is 4.98 Å². The Morgan fingerprint density at radius 3 is 2.44 bits per heavy atom. The van der Waals surface area contributed by atoms with Crippen molar-refractivity contribution in [2.24, 2.45) is 0 Å². The van der Waals surface area contributed by atoms with E-state index in [1.807, 2.05) is 38.1 Å². The van der Waals surface area contributed by atoms with Crippen LogP contribution in [0.4, 0.5) is 14.5 Å². The Kier molecular flexibility index (Phi) is 6.61. The summed E-state index contributed by atoms with van der Waals surface area (Å²) in [7, 11) is 0. The molecule has 0 atom stereocenters. The largest absolute Gasteiger partial charge is 0.358 e. The van der Waals surface area contributed by atoms with Crippen LogP contribution in [-0.4, -0.2) is 4.98 Å². The average Bonchev–Trinajstić information content (AvgIpc) is 3.03. The molecule has 0 bridgehead atoms. The van der Waals surface area contributed by atoms with Crippen LogP contribution in [-0.2, 0) is 0 Å². The fourth-order valence-electron chi connectivity index (χ4n) is 2.05. The molecule has 1 aromatic heterocycles. The molecule has 0 radical (unpaired) electrons. The summed E-state index contributed by atoms with van der Waals surface area (Å²) in [6, 6.07) is 15.0. The first-order valence-electron chi connectivity index (χ1n) is 7.74. The summed E-state index contributed by atoms with van der Waals surface area (Å²) in [5.74, 6) is -0.960. The Morgan fingerprint density at radius 1 is 1.08 bits per heavy atom. The fraction of sp³-hybridized carbons (Fsp3) is 0.105. The van der Waals surface area contributed by atoms with Gasteiger partial charge in [0.25, 0.3) is 0 Å². The number of hydrogen-bond donors (Lipinski definition) is 2. The Labute approximate surface area is 149 Å². The minimum atomic E-state index is -0.559. The molecular formula is C19H17F2N3S. The van der Waals surface area contributed by atoms with Gasteiger partial charge < -0.3 is 9.71 Å². The van der Waals surface area contributed by atoms with Crippen LogP contribution in [0.15, 0.2) is 59.6 Å². The number of hydrogen-bond acceptors (Lipinski definition) is 3. The van der Waals surface area contributed by atoms with E-state index in [-0.39, 0.29) is 11.3 Å². The second-order valence-electron chi connectivity index (χ2n) is 4.72. The van der Waals surface area contributed by atoms with Crippen molar-refractivity contribution < 1.29 is 8.78 Å². The quantitative estimate of drug-likeness (QED) is 0.565. The predicted octanol–water partition coefficient (Wildman–Crippen LogP) is 5.98. The standard InChI is InChI=1S/C17H11F2N3S.C2H6/c18-13-8-11(9-20)6-7-14(13)22-23-15-10-21-17(16(15)19)12-4-2-1-3-5-12;1-2/h1-8,10,21-22H;1-2H3. The van der Waals surface area contributed by atoms with Gasteiger partial charge in [-0.3, -0.25) is 0 Å². The van der Waals surface area contributed by atoms with Crippen LogP contribution < -0.4 is 4.72 Å². The second kappa shape index (κ2) is 8.90. The molecule has 0 saturated heterocycles. The van der Waals surface area contributed by atoms with Gasteiger partial charge in [-0.15, -0.1) is 0 Å². The van der Waals surface area contributed by atoms with Crippen LogP contribution in [0.25, 0.3) is 11.3 Å². The highest BCUT2D eigenvalue weighted by Crippen LogP contribution is 2.31. The molecule has 0 aliphatic heterocycles. The zero-order valence-corrected chi connectivity index (χ0v) is 14.6. The lowest BCUT2D eigenvalue weighted by atomic mass is 10.1. The number of nitrogens with zero attached hydrogens (tertiary/aromatic N) is 1. The Bertz CT molecular complexity index is 870. The van der Waals surface area contributed by atoms with Crippen LogP contribution in [0.1, 0.15) is 19.4 Å². The Morgan fingerprint density at radius 2 is 1.80 bits per heavy atom. The molecule has 0 spiro atoms. The monoisotopic (exact) mass is 357 g/mol. The summed E-state index contributed by atoms with van der Waals surface area (Å²) in [6.45, 7) is 4.00. The molecule has 2 N–H and O–H groups in total. The lowest BCUT2D eigenvalue weighted by molar-refractivity contribution is 0.610. The Hall–Kier alpha value is -2.78. The maximum atomic E-state index is 14.4. The number of nitriles is 1. The van der Waals surface area contributed by atoms with E-state index < -0.39 is 11.6 Å². The van der Waals surface area contributed by atoms with Crippen molar-refractivity contribution in [3.05, 3.63) is 71.9 Å². The van der Waals surface area contributed by atoms with Gasteiger partial charge in [0.2, 0.25) is 0 Å². The van der Waals surface area contributed by atoms with E-state index in [0.29, 0.717) is 10.6 Å². The van der Waals surface area contributed by atoms with Gasteiger partial charge in [0.15, 0.2) is 5.82 Å². The number of nitrogens with one attached hydrogen (secondary N) is 2. The number of aromatic amines is 1. The van der Waals surface area contributed by atoms with Gasteiger partial charge in [0.1, 0.15) is 5.82 Å². The Balaban J connectivity index is 0.00000109. The van der Waals surface area contributed by atoms with Crippen molar-refractivity contribution in [1.29, 1.82) is 5.26 Å². The molecule has 3 aromatic rings. The van der Waals surface area contributed by atoms with E-state index in [9.17, 15) is 8.78 Å². The van der Waals surface area contributed by atoms with E-state index in [1.165, 1.54) is 18.3 Å². The van der Waals surface area contributed by atoms with E-state index in [4.69, 9.17) is 5.26 Å². The zero-order valence-electron chi connectivity index (χ0n) is 13.8. The van der Waals surface area contributed by atoms with Gasteiger partial charge >= 0.3 is 0 Å². The van der Waals surface area contributed by atoms with Gasteiger partial charge in [0, 0.05) is 11.8 Å². The van der Waals surface area contributed by atoms with Crippen molar-refractivity contribution in [2.45, 2.75) is 18.7 Å². The first kappa shape index (κ1) is 18.6. The van der Waals surface area contributed by atoms with Crippen LogP contribution in [0.5, 0.6) is 0 Å². The summed E-state index contributed by atoms with van der Waals surface area (Å²) >= 11 is 0.964. The van der Waals surface area contributed by atoms with Gasteiger partial charge in [-0.2, -0.15) is 5.26 Å². The molecule has 0 saturated carbocycles. The number of halogens is 2. The first-order valence-corrected chi connectivity index (χ1v) is 8.55. The number of anilines is 1. The van der Waals surface area contributed by atoms with E-state index in [0.717, 1.165) is 23.6 Å². The average molecular weight is 357 g/mol. The third-order valence-corrected chi connectivity index (χ3v) is 4.05. The minimum absolute atomic E-state index is 0.191. The van der Waals surface area contributed by atoms with Crippen molar-refractivity contribution in [3.63, 3.8) is 0 Å². The summed E-state index contributed by atoms with van der Waals surface area (Å²) in [5.41, 5.74) is 1.55. The third kappa shape index (κ3) is 4.40. The molecule has 128 valence electrons. The van der Waals surface area contributed by atoms with E-state index >= 15 is 0 Å². The molecular weight excluding hydrogens is 340 g/mol. The van der Waals surface area contributed by atoms with Gasteiger partial charge in [0.05, 0.1) is 27.9 Å². The molecule has 3 rings (SSSR count). The third-order valence-electron chi connectivity index (χ3n) is 3.22. The number of benzene rings is 2. The van der Waals surface area contributed by atoms with Crippen LogP contribution in [0.3, 0.4) is 0 Å². The molecule has 1 heterocycles. The molecule has 2 aromatic carbocycles. The molecule has 0 unspecified atom stereocenters. The van der Waals surface area contributed by atoms with E-state index in [2.05, 4.69) is 9.71 Å². The molecule has 0 aliphatic rings. The highest BCUT2D eigenvalue weighted by Gasteiger charge is 2.14. The predicted molar refractivity (Wildman–Crippen MR) is 98.1 cm³/mol. The second-order valence-corrected chi connectivity index (χ2v) is 5.57. The van der Waals surface area contributed by atoms with Crippen molar-refractivity contribution >= 4 is 17.6 Å². The van der Waals surface area contributed by atoms with Crippen LogP contribution in [0.2, 0.25) is 0 Å². The normalized spacial score (nSPS) is 9.72. The van der Waals surface area contributed by atoms with Crippen LogP contribution >= 0.6 is 11.9 Å². The fourth-order valence-corrected chi connectivity index (χ4v) is 2.75. The van der Waals surface area contributed by atoms with Crippen molar-refractivity contribution in [3.8, 4) is 17.3 Å². The maximum absolute atomic E-state index is 14.4. The maximum Gasteiger partial charge on any atom is 0.164 e. The number of H-pyrrole nitrogens is 1. The highest BCUT2D eigenvalue weighted by molar-refractivity contribution is 8.00. The first-order chi connectivity index (χ1) is 12.2. The smallest absolute Gasteiger partial charge is 0.164 e. The number of rotatable bonds is 4. The molecule has 0 amide bonds. The molecule has 0 aliphatic carbocycles. The highest BCUT2D eigenvalue weighted by atomic mass is 32.2. The molecule has 0 fully saturated rings. The van der Waals surface area contributed by atoms with E-state index in [1.54, 1.807) is 12.1 Å². The summed E-state index contributed by atoms with van der Waals surface area (Å²) in [5, 5.41) is 8.71. The lowest BCUT2D eigenvalue weighted by Gasteiger charge is -2.05. The summed E-state index contributed by atoms with van der Waals surface area (Å²) < 4.78 is 31.0.